The van der Waals surface area contributed by atoms with Crippen LogP contribution in [0.3, 0.4) is 0 Å². The van der Waals surface area contributed by atoms with Crippen LogP contribution in [0.15, 0.2) is 24.3 Å². The predicted octanol–water partition coefficient (Wildman–Crippen LogP) is 2.71. The number of piperazine rings is 1. The van der Waals surface area contributed by atoms with Gasteiger partial charge in [-0.05, 0) is 44.9 Å². The number of hydrogen-bond acceptors (Lipinski definition) is 4. The molecule has 6 nitrogen and oxygen atoms in total. The molecular formula is C19H28N2O4. The molecule has 1 aliphatic rings. The Kier molecular flexibility index (Phi) is 6.28. The number of carbonyl (C=O) groups is 2. The Morgan fingerprint density at radius 3 is 2.08 bits per heavy atom. The zero-order valence-corrected chi connectivity index (χ0v) is 15.6. The van der Waals surface area contributed by atoms with Crippen LogP contribution in [0.1, 0.15) is 33.3 Å². The number of amides is 2. The summed E-state index contributed by atoms with van der Waals surface area (Å²) in [7, 11) is 0. The van der Waals surface area contributed by atoms with E-state index in [9.17, 15) is 9.59 Å². The zero-order valence-electron chi connectivity index (χ0n) is 15.6. The molecule has 1 fully saturated rings. The van der Waals surface area contributed by atoms with E-state index in [0.29, 0.717) is 31.9 Å². The smallest absolute Gasteiger partial charge is 0.410 e. The van der Waals surface area contributed by atoms with Crippen molar-refractivity contribution in [1.82, 2.24) is 9.80 Å². The first kappa shape index (κ1) is 19.1. The molecule has 0 spiro atoms. The second-order valence-corrected chi connectivity index (χ2v) is 7.13. The predicted molar refractivity (Wildman–Crippen MR) is 95.7 cm³/mol. The van der Waals surface area contributed by atoms with Crippen LogP contribution in [0.2, 0.25) is 0 Å². The molecule has 1 aliphatic heterocycles. The maximum absolute atomic E-state index is 12.3. The fourth-order valence-electron chi connectivity index (χ4n) is 2.52. The van der Waals surface area contributed by atoms with Crippen LogP contribution in [0, 0.1) is 0 Å². The van der Waals surface area contributed by atoms with E-state index >= 15 is 0 Å². The van der Waals surface area contributed by atoms with Gasteiger partial charge < -0.3 is 19.3 Å². The summed E-state index contributed by atoms with van der Waals surface area (Å²) in [4.78, 5) is 27.7. The molecule has 0 N–H and O–H groups in total. The van der Waals surface area contributed by atoms with Crippen molar-refractivity contribution in [2.45, 2.75) is 39.7 Å². The Bertz CT molecular complexity index is 584. The van der Waals surface area contributed by atoms with Gasteiger partial charge in [0.2, 0.25) is 0 Å². The van der Waals surface area contributed by atoms with E-state index in [1.54, 1.807) is 9.80 Å². The van der Waals surface area contributed by atoms with Gasteiger partial charge >= 0.3 is 6.09 Å². The number of carbonyl (C=O) groups excluding carboxylic acids is 2. The molecule has 2 rings (SSSR count). The highest BCUT2D eigenvalue weighted by Crippen LogP contribution is 2.14. The minimum atomic E-state index is -0.509. The van der Waals surface area contributed by atoms with Gasteiger partial charge in [-0.15, -0.1) is 0 Å². The second-order valence-electron chi connectivity index (χ2n) is 7.13. The first-order chi connectivity index (χ1) is 11.8. The molecule has 138 valence electrons. The average molecular weight is 348 g/mol. The lowest BCUT2D eigenvalue weighted by atomic mass is 10.2. The lowest BCUT2D eigenvalue weighted by Crippen LogP contribution is -2.52. The number of ether oxygens (including phenoxy) is 2. The lowest BCUT2D eigenvalue weighted by Gasteiger charge is -2.35. The van der Waals surface area contributed by atoms with Gasteiger partial charge in [0, 0.05) is 26.2 Å². The third-order valence-corrected chi connectivity index (χ3v) is 3.98. The number of nitrogens with zero attached hydrogens (tertiary/aromatic N) is 2. The van der Waals surface area contributed by atoms with Crippen LogP contribution in [0.25, 0.3) is 0 Å². The Hall–Kier alpha value is -2.24. The number of rotatable bonds is 4. The molecule has 0 unspecified atom stereocenters. The van der Waals surface area contributed by atoms with E-state index in [2.05, 4.69) is 6.92 Å². The minimum Gasteiger partial charge on any atom is -0.484 e. The van der Waals surface area contributed by atoms with Crippen LogP contribution in [0.5, 0.6) is 5.75 Å². The number of benzene rings is 1. The maximum atomic E-state index is 12.3. The summed E-state index contributed by atoms with van der Waals surface area (Å²) in [5.41, 5.74) is 0.725. The van der Waals surface area contributed by atoms with Gasteiger partial charge in [0.25, 0.3) is 5.91 Å². The molecule has 0 atom stereocenters. The van der Waals surface area contributed by atoms with Crippen molar-refractivity contribution >= 4 is 12.0 Å². The summed E-state index contributed by atoms with van der Waals surface area (Å²) in [6.45, 7) is 9.58. The second kappa shape index (κ2) is 8.23. The monoisotopic (exact) mass is 348 g/mol. The fourth-order valence-corrected chi connectivity index (χ4v) is 2.52. The third kappa shape index (κ3) is 5.96. The van der Waals surface area contributed by atoms with Crippen molar-refractivity contribution in [3.63, 3.8) is 0 Å². The van der Waals surface area contributed by atoms with E-state index in [-0.39, 0.29) is 18.6 Å². The fraction of sp³-hybridized carbons (Fsp3) is 0.579. The van der Waals surface area contributed by atoms with Gasteiger partial charge in [-0.3, -0.25) is 4.79 Å². The molecule has 1 aromatic carbocycles. The van der Waals surface area contributed by atoms with Crippen molar-refractivity contribution < 1.29 is 19.1 Å². The molecule has 0 aliphatic carbocycles. The van der Waals surface area contributed by atoms with Crippen LogP contribution in [-0.2, 0) is 16.0 Å². The summed E-state index contributed by atoms with van der Waals surface area (Å²) in [6.07, 6.45) is 0.646. The average Bonchev–Trinajstić information content (AvgIpc) is 2.58. The summed E-state index contributed by atoms with van der Waals surface area (Å²) in [5.74, 6) is 0.626. The topological polar surface area (TPSA) is 59.1 Å². The largest absolute Gasteiger partial charge is 0.484 e. The van der Waals surface area contributed by atoms with Gasteiger partial charge in [-0.1, -0.05) is 19.1 Å². The number of aryl methyl sites for hydroxylation is 1. The van der Waals surface area contributed by atoms with Crippen molar-refractivity contribution in [2.75, 3.05) is 32.8 Å². The molecule has 25 heavy (non-hydrogen) atoms. The maximum Gasteiger partial charge on any atom is 0.410 e. The zero-order chi connectivity index (χ0) is 18.4. The Morgan fingerprint density at radius 1 is 1.00 bits per heavy atom. The molecule has 2 amide bonds. The van der Waals surface area contributed by atoms with Gasteiger partial charge in [0.05, 0.1) is 0 Å². The molecule has 0 bridgehead atoms. The van der Waals surface area contributed by atoms with Crippen molar-refractivity contribution in [3.8, 4) is 5.75 Å². The van der Waals surface area contributed by atoms with Crippen molar-refractivity contribution in [1.29, 1.82) is 0 Å². The van der Waals surface area contributed by atoms with E-state index in [0.717, 1.165) is 6.42 Å². The first-order valence-corrected chi connectivity index (χ1v) is 8.76. The van der Waals surface area contributed by atoms with E-state index in [1.165, 1.54) is 5.56 Å². The standard InChI is InChI=1S/C19H28N2O4/c1-5-15-6-8-16(9-7-15)24-14-17(22)20-10-12-21(13-11-20)18(23)25-19(2,3)4/h6-9H,5,10-14H2,1-4H3. The van der Waals surface area contributed by atoms with Crippen LogP contribution < -0.4 is 4.74 Å². The summed E-state index contributed by atoms with van der Waals surface area (Å²) in [6, 6.07) is 7.76. The third-order valence-electron chi connectivity index (χ3n) is 3.98. The van der Waals surface area contributed by atoms with Crippen LogP contribution in [0.4, 0.5) is 4.79 Å². The Morgan fingerprint density at radius 2 is 1.56 bits per heavy atom. The van der Waals surface area contributed by atoms with Gasteiger partial charge in [0.15, 0.2) is 6.61 Å². The Balaban J connectivity index is 1.76. The molecule has 0 radical (unpaired) electrons. The highest BCUT2D eigenvalue weighted by Gasteiger charge is 2.27. The minimum absolute atomic E-state index is 0.0118. The molecular weight excluding hydrogens is 320 g/mol. The van der Waals surface area contributed by atoms with E-state index in [4.69, 9.17) is 9.47 Å². The molecule has 1 saturated heterocycles. The van der Waals surface area contributed by atoms with E-state index in [1.807, 2.05) is 45.0 Å². The number of hydrogen-bond donors (Lipinski definition) is 0. The molecule has 6 heteroatoms. The highest BCUT2D eigenvalue weighted by molar-refractivity contribution is 5.78. The molecule has 0 saturated carbocycles. The van der Waals surface area contributed by atoms with Crippen LogP contribution in [-0.4, -0.2) is 60.2 Å². The quantitative estimate of drug-likeness (QED) is 0.839. The lowest BCUT2D eigenvalue weighted by molar-refractivity contribution is -0.135. The molecule has 1 aromatic rings. The van der Waals surface area contributed by atoms with Crippen molar-refractivity contribution in [2.24, 2.45) is 0 Å². The first-order valence-electron chi connectivity index (χ1n) is 8.76. The van der Waals surface area contributed by atoms with Gasteiger partial charge in [0.1, 0.15) is 11.4 Å². The van der Waals surface area contributed by atoms with Crippen molar-refractivity contribution in [3.05, 3.63) is 29.8 Å². The van der Waals surface area contributed by atoms with Crippen LogP contribution >= 0.6 is 0 Å². The Labute approximate surface area is 149 Å². The molecule has 1 heterocycles. The van der Waals surface area contributed by atoms with Gasteiger partial charge in [-0.25, -0.2) is 4.79 Å². The normalized spacial score (nSPS) is 15.0. The summed E-state index contributed by atoms with van der Waals surface area (Å²) in [5, 5.41) is 0. The van der Waals surface area contributed by atoms with E-state index < -0.39 is 5.60 Å². The van der Waals surface area contributed by atoms with Gasteiger partial charge in [-0.2, -0.15) is 0 Å². The summed E-state index contributed by atoms with van der Waals surface area (Å²) >= 11 is 0. The SMILES string of the molecule is CCc1ccc(OCC(=O)N2CCN(C(=O)OC(C)(C)C)CC2)cc1. The molecule has 0 aromatic heterocycles. The highest BCUT2D eigenvalue weighted by atomic mass is 16.6. The summed E-state index contributed by atoms with van der Waals surface area (Å²) < 4.78 is 10.9.